The summed E-state index contributed by atoms with van der Waals surface area (Å²) >= 11 is 0. The van der Waals surface area contributed by atoms with Crippen molar-refractivity contribution in [3.63, 3.8) is 0 Å². The number of rotatable bonds is 6. The van der Waals surface area contributed by atoms with E-state index in [0.29, 0.717) is 0 Å². The summed E-state index contributed by atoms with van der Waals surface area (Å²) in [5.74, 6) is -2.59. The highest BCUT2D eigenvalue weighted by Crippen LogP contribution is 2.34. The predicted molar refractivity (Wildman–Crippen MR) is 78.7 cm³/mol. The van der Waals surface area contributed by atoms with Gasteiger partial charge in [-0.05, 0) is 12.4 Å². The first-order valence-electron chi connectivity index (χ1n) is 14.8. The van der Waals surface area contributed by atoms with Gasteiger partial charge in [0.25, 0.3) is 0 Å². The minimum Gasteiger partial charge on any atom is -0.483 e. The lowest BCUT2D eigenvalue weighted by Gasteiger charge is -2.21. The average molecular weight is 296 g/mol. The van der Waals surface area contributed by atoms with Crippen molar-refractivity contribution >= 4 is 11.5 Å². The summed E-state index contributed by atoms with van der Waals surface area (Å²) in [7, 11) is -7.37. The number of amidine groups is 1. The first-order chi connectivity index (χ1) is 17.6. The first-order valence-corrected chi connectivity index (χ1v) is 4.87. The summed E-state index contributed by atoms with van der Waals surface area (Å²) < 4.78 is 168. The van der Waals surface area contributed by atoms with Crippen LogP contribution in [0.25, 0.3) is 0 Å². The van der Waals surface area contributed by atoms with Crippen molar-refractivity contribution in [2.45, 2.75) is 12.6 Å². The summed E-state index contributed by atoms with van der Waals surface area (Å²) in [6, 6.07) is -4.56. The van der Waals surface area contributed by atoms with E-state index >= 15 is 0 Å². The molecule has 0 unspecified atom stereocenters. The number of aliphatic imine (C=N–C) groups is 1. The second kappa shape index (κ2) is 7.07. The van der Waals surface area contributed by atoms with Gasteiger partial charge in [-0.1, -0.05) is 18.1 Å². The summed E-state index contributed by atoms with van der Waals surface area (Å²) in [6.45, 7) is -8.93. The summed E-state index contributed by atoms with van der Waals surface area (Å²) in [5.41, 5.74) is -2.07. The number of hydrogen-bond acceptors (Lipinski definition) is 5. The molecule has 0 bridgehead atoms. The molecule has 1 aliphatic rings. The molecule has 0 saturated carbocycles. The van der Waals surface area contributed by atoms with Crippen LogP contribution in [0.15, 0.2) is 35.7 Å². The zero-order valence-electron chi connectivity index (χ0n) is 29.6. The van der Waals surface area contributed by atoms with Crippen molar-refractivity contribution in [1.29, 1.82) is 0 Å². The maximum absolute atomic E-state index is 8.17. The fraction of sp³-hybridized carbons (Fsp3) is 0.400. The molecule has 5 nitrogen and oxygen atoms in total. The van der Waals surface area contributed by atoms with E-state index in [0.717, 1.165) is 0 Å². The molecule has 0 fully saturated rings. The predicted octanol–water partition coefficient (Wildman–Crippen LogP) is 2.05. The average Bonchev–Trinajstić information content (AvgIpc) is 2.72. The maximum atomic E-state index is 8.17. The topological polar surface area (TPSA) is 52.1 Å². The van der Waals surface area contributed by atoms with Crippen LogP contribution in [0.4, 0.5) is 5.69 Å². The van der Waals surface area contributed by atoms with E-state index in [1.807, 2.05) is 0 Å². The van der Waals surface area contributed by atoms with E-state index in [-0.39, 0.29) is 0 Å². The van der Waals surface area contributed by atoms with Crippen LogP contribution in [0.3, 0.4) is 0 Å². The fourth-order valence-corrected chi connectivity index (χ4v) is 1.15. The van der Waals surface area contributed by atoms with Gasteiger partial charge in [0.1, 0.15) is 23.8 Å². The van der Waals surface area contributed by atoms with Crippen LogP contribution in [-0.2, 0) is 15.8 Å². The Kier molecular flexibility index (Phi) is 1.23. The molecular weight excluding hydrogens is 256 g/mol. The largest absolute Gasteiger partial charge is 0.483 e. The van der Waals surface area contributed by atoms with E-state index in [2.05, 4.69) is 14.5 Å². The Morgan fingerprint density at radius 2 is 2.80 bits per heavy atom. The molecule has 0 aliphatic carbocycles. The Balaban J connectivity index is 2.89. The second-order valence-electron chi connectivity index (χ2n) is 3.03. The SMILES string of the molecule is [2H]C([2H])=C([2H])C([2H])([2H])c1c([2H])c([2H])c([2H])c2c1OC([2H])([2H])C(N([2H])C([2H])([2H])C([2H])(OC([2H])([2H])[2H])OC([2H])([2H])[2H])=N2. The van der Waals surface area contributed by atoms with Crippen LogP contribution < -0.4 is 10.0 Å². The number of ether oxygens (including phenoxy) is 3. The normalized spacial score (nSPS) is 33.5. The van der Waals surface area contributed by atoms with Gasteiger partial charge in [-0.15, -0.1) is 6.53 Å². The van der Waals surface area contributed by atoms with Gasteiger partial charge in [-0.3, -0.25) is 0 Å². The van der Waals surface area contributed by atoms with Crippen molar-refractivity contribution in [1.82, 2.24) is 5.31 Å². The minimum absolute atomic E-state index is 0.659. The summed E-state index contributed by atoms with van der Waals surface area (Å²) in [4.78, 5) is 3.56. The fourth-order valence-electron chi connectivity index (χ4n) is 1.15. The number of nitrogens with one attached hydrogen (secondary N) is 1. The molecule has 108 valence electrons. The standard InChI is InChI=1S/C15H20N2O3/c1-4-6-11-7-5-8-12-15(11)20-10-13(17-12)16-9-14(18-2)19-3/h4-5,7-8,14H,1,6,9-10H2,2-3H3,(H,16,17)/i1D2,2D3,3D3,4D,5D,6D2,7D,8D,9D2,10D2,14D/hD. The van der Waals surface area contributed by atoms with E-state index in [1.54, 1.807) is 0 Å². The van der Waals surface area contributed by atoms with Crippen molar-refractivity contribution < 1.29 is 41.7 Å². The number of methoxy groups -OCH3 is 2. The van der Waals surface area contributed by atoms with Crippen LogP contribution in [0.1, 0.15) is 31.6 Å². The molecule has 0 aromatic heterocycles. The number of nitrogens with zero attached hydrogens (tertiary/aromatic N) is 1. The van der Waals surface area contributed by atoms with Gasteiger partial charge in [0.15, 0.2) is 7.68 Å². The second-order valence-corrected chi connectivity index (χ2v) is 3.03. The Bertz CT molecular complexity index is 1220. The highest BCUT2D eigenvalue weighted by Gasteiger charge is 2.16. The molecule has 0 saturated heterocycles. The molecule has 20 heavy (non-hydrogen) atoms. The molecule has 1 aromatic rings. The molecular formula is C15H20N2O3. The Labute approximate surface area is 147 Å². The number of hydrogen-bond donors (Lipinski definition) is 1. The third-order valence-electron chi connectivity index (χ3n) is 1.90. The summed E-state index contributed by atoms with van der Waals surface area (Å²) in [6.07, 6.45) is -7.34. The van der Waals surface area contributed by atoms with E-state index < -0.39 is 98.6 Å². The van der Waals surface area contributed by atoms with Gasteiger partial charge in [0.2, 0.25) is 0 Å². The van der Waals surface area contributed by atoms with Crippen molar-refractivity contribution in [2.24, 2.45) is 4.99 Å². The minimum atomic E-state index is -4.09. The first kappa shape index (κ1) is 3.48. The lowest BCUT2D eigenvalue weighted by Crippen LogP contribution is -2.37. The lowest BCUT2D eigenvalue weighted by atomic mass is 10.1. The van der Waals surface area contributed by atoms with Crippen LogP contribution in [0.5, 0.6) is 5.75 Å². The number of allylic oxidation sites excluding steroid dienone is 1. The Morgan fingerprint density at radius 1 is 1.90 bits per heavy atom. The van der Waals surface area contributed by atoms with Gasteiger partial charge >= 0.3 is 0 Å². The molecule has 1 aliphatic heterocycles. The van der Waals surface area contributed by atoms with E-state index in [4.69, 9.17) is 32.2 Å². The maximum Gasteiger partial charge on any atom is 0.173 e. The molecule has 0 radical (unpaired) electrons. The van der Waals surface area contributed by atoms with Crippen molar-refractivity contribution in [2.75, 3.05) is 27.1 Å². The summed E-state index contributed by atoms with van der Waals surface area (Å²) in [5, 5.41) is -0.659. The third kappa shape index (κ3) is 3.37. The molecule has 1 aromatic carbocycles. The Morgan fingerprint density at radius 3 is 3.60 bits per heavy atom. The van der Waals surface area contributed by atoms with Gasteiger partial charge in [-0.25, -0.2) is 4.99 Å². The molecule has 1 heterocycles. The zero-order chi connectivity index (χ0) is 31.6. The van der Waals surface area contributed by atoms with E-state index in [1.165, 1.54) is 0 Å². The molecule has 0 spiro atoms. The highest BCUT2D eigenvalue weighted by molar-refractivity contribution is 5.89. The van der Waals surface area contributed by atoms with Crippen LogP contribution in [-0.4, -0.2) is 39.2 Å². The molecule has 0 atom stereocenters. The lowest BCUT2D eigenvalue weighted by molar-refractivity contribution is -0.0966. The molecule has 0 amide bonds. The molecule has 2 rings (SSSR count). The van der Waals surface area contributed by atoms with Crippen LogP contribution in [0.2, 0.25) is 1.41 Å². The smallest absolute Gasteiger partial charge is 0.173 e. The quantitative estimate of drug-likeness (QED) is 0.645. The number of benzene rings is 1. The van der Waals surface area contributed by atoms with Crippen molar-refractivity contribution in [3.05, 3.63) is 36.3 Å². The van der Waals surface area contributed by atoms with Crippen LogP contribution >= 0.6 is 0 Å². The van der Waals surface area contributed by atoms with Crippen LogP contribution in [0, 0.1) is 0 Å². The van der Waals surface area contributed by atoms with Gasteiger partial charge in [0.05, 0.1) is 29.8 Å². The monoisotopic (exact) mass is 296 g/mol. The highest BCUT2D eigenvalue weighted by atomic mass is 16.7. The van der Waals surface area contributed by atoms with Gasteiger partial charge < -0.3 is 19.5 Å². The number of fused-ring (bicyclic) bond motifs is 1. The van der Waals surface area contributed by atoms with Gasteiger partial charge in [-0.2, -0.15) is 0 Å². The molecule has 5 heteroatoms. The van der Waals surface area contributed by atoms with E-state index in [9.17, 15) is 0 Å². The Hall–Kier alpha value is -1.85. The zero-order valence-corrected chi connectivity index (χ0v) is 9.62. The van der Waals surface area contributed by atoms with Crippen molar-refractivity contribution in [3.8, 4) is 5.75 Å². The third-order valence-corrected chi connectivity index (χ3v) is 1.90. The molecule has 1 N–H and O–H groups in total. The number of para-hydroxylation sites is 1. The van der Waals surface area contributed by atoms with Gasteiger partial charge in [0, 0.05) is 22.4 Å².